The smallest absolute Gasteiger partial charge is 0.310 e. The number of anilines is 1. The van der Waals surface area contributed by atoms with Gasteiger partial charge < -0.3 is 5.32 Å². The molecule has 0 aliphatic rings. The van der Waals surface area contributed by atoms with E-state index in [9.17, 15) is 14.5 Å². The van der Waals surface area contributed by atoms with Crippen molar-refractivity contribution in [1.29, 1.82) is 0 Å². The van der Waals surface area contributed by atoms with Gasteiger partial charge in [-0.25, -0.2) is 4.39 Å². The number of hydrogen-bond donors (Lipinski definition) is 1. The van der Waals surface area contributed by atoms with Crippen LogP contribution in [0, 0.1) is 22.9 Å². The van der Waals surface area contributed by atoms with E-state index in [1.807, 2.05) is 0 Å². The van der Waals surface area contributed by atoms with Gasteiger partial charge in [0, 0.05) is 6.04 Å². The van der Waals surface area contributed by atoms with Crippen molar-refractivity contribution in [3.8, 4) is 0 Å². The zero-order chi connectivity index (χ0) is 15.6. The number of nitrogens with one attached hydrogen (secondary N) is 1. The minimum Gasteiger partial charge on any atom is -0.373 e. The van der Waals surface area contributed by atoms with E-state index in [1.54, 1.807) is 38.1 Å². The van der Waals surface area contributed by atoms with E-state index >= 15 is 0 Å². The summed E-state index contributed by atoms with van der Waals surface area (Å²) >= 11 is 5.86. The molecule has 6 heteroatoms. The van der Waals surface area contributed by atoms with Crippen molar-refractivity contribution in [2.24, 2.45) is 0 Å². The van der Waals surface area contributed by atoms with Crippen molar-refractivity contribution in [3.63, 3.8) is 0 Å². The normalized spacial score (nSPS) is 12.0. The molecule has 0 radical (unpaired) electrons. The van der Waals surface area contributed by atoms with Gasteiger partial charge in [-0.3, -0.25) is 10.1 Å². The molecule has 1 atom stereocenters. The van der Waals surface area contributed by atoms with Gasteiger partial charge in [0.1, 0.15) is 16.5 Å². The predicted octanol–water partition coefficient (Wildman–Crippen LogP) is 4.87. The lowest BCUT2D eigenvalue weighted by Crippen LogP contribution is -2.09. The van der Waals surface area contributed by atoms with Crippen molar-refractivity contribution < 1.29 is 9.31 Å². The van der Waals surface area contributed by atoms with E-state index in [-0.39, 0.29) is 22.6 Å². The fourth-order valence-electron chi connectivity index (χ4n) is 2.01. The fourth-order valence-corrected chi connectivity index (χ4v) is 2.26. The van der Waals surface area contributed by atoms with E-state index in [2.05, 4.69) is 5.32 Å². The summed E-state index contributed by atoms with van der Waals surface area (Å²) in [6, 6.07) is 9.24. The number of nitro groups is 1. The highest BCUT2D eigenvalue weighted by Crippen LogP contribution is 2.34. The lowest BCUT2D eigenvalue weighted by molar-refractivity contribution is -0.383. The minimum atomic E-state index is -0.535. The molecule has 0 bridgehead atoms. The Bertz CT molecular complexity index is 691. The predicted molar refractivity (Wildman–Crippen MR) is 81.3 cm³/mol. The molecule has 1 unspecified atom stereocenters. The molecule has 0 aromatic heterocycles. The van der Waals surface area contributed by atoms with Crippen molar-refractivity contribution in [2.75, 3.05) is 5.32 Å². The lowest BCUT2D eigenvalue weighted by Gasteiger charge is -2.16. The second kappa shape index (κ2) is 6.10. The lowest BCUT2D eigenvalue weighted by atomic mass is 10.1. The number of para-hydroxylation sites is 1. The molecule has 21 heavy (non-hydrogen) atoms. The van der Waals surface area contributed by atoms with Crippen LogP contribution in [0.1, 0.15) is 24.1 Å². The van der Waals surface area contributed by atoms with Crippen molar-refractivity contribution >= 4 is 23.0 Å². The summed E-state index contributed by atoms with van der Waals surface area (Å²) < 4.78 is 13.6. The van der Waals surface area contributed by atoms with E-state index < -0.39 is 4.92 Å². The number of hydrogen-bond acceptors (Lipinski definition) is 3. The van der Waals surface area contributed by atoms with Crippen LogP contribution in [0.15, 0.2) is 36.4 Å². The van der Waals surface area contributed by atoms with E-state index in [0.717, 1.165) is 0 Å². The summed E-state index contributed by atoms with van der Waals surface area (Å²) in [5.74, 6) is -0.304. The minimum absolute atomic E-state index is 0.0623. The zero-order valence-corrected chi connectivity index (χ0v) is 12.3. The molecule has 0 heterocycles. The summed E-state index contributed by atoms with van der Waals surface area (Å²) in [7, 11) is 0. The third-order valence-electron chi connectivity index (χ3n) is 3.24. The Morgan fingerprint density at radius 2 is 2.05 bits per heavy atom. The highest BCUT2D eigenvalue weighted by Gasteiger charge is 2.20. The first kappa shape index (κ1) is 15.3. The Kier molecular flexibility index (Phi) is 4.43. The monoisotopic (exact) mass is 308 g/mol. The molecular formula is C15H14ClFN2O2. The second-order valence-corrected chi connectivity index (χ2v) is 5.17. The molecule has 2 rings (SSSR count). The molecule has 0 spiro atoms. The first-order chi connectivity index (χ1) is 9.90. The second-order valence-electron chi connectivity index (χ2n) is 4.77. The first-order valence-electron chi connectivity index (χ1n) is 6.35. The standard InChI is InChI=1S/C15H14ClFN2O2/c1-9-6-7-11(8-13(9)17)10(2)18-14-5-3-4-12(16)15(14)19(20)21/h3-8,10,18H,1-2H3. The maximum absolute atomic E-state index is 13.6. The van der Waals surface area contributed by atoms with Crippen LogP contribution in [0.3, 0.4) is 0 Å². The quantitative estimate of drug-likeness (QED) is 0.647. The summed E-state index contributed by atoms with van der Waals surface area (Å²) in [5.41, 5.74) is 1.38. The van der Waals surface area contributed by atoms with Crippen LogP contribution in [-0.2, 0) is 0 Å². The number of nitrogens with zero attached hydrogens (tertiary/aromatic N) is 1. The molecule has 4 nitrogen and oxygen atoms in total. The molecule has 0 aliphatic carbocycles. The Balaban J connectivity index is 2.31. The number of halogens is 2. The molecule has 2 aromatic carbocycles. The number of nitro benzene ring substituents is 1. The van der Waals surface area contributed by atoms with Crippen molar-refractivity contribution in [1.82, 2.24) is 0 Å². The van der Waals surface area contributed by atoms with Gasteiger partial charge >= 0.3 is 5.69 Å². The summed E-state index contributed by atoms with van der Waals surface area (Å²) in [6.45, 7) is 3.48. The molecule has 0 amide bonds. The zero-order valence-electron chi connectivity index (χ0n) is 11.6. The molecule has 0 saturated carbocycles. The van der Waals surface area contributed by atoms with Gasteiger partial charge in [0.25, 0.3) is 0 Å². The van der Waals surface area contributed by atoms with Gasteiger partial charge in [-0.1, -0.05) is 29.8 Å². The molecule has 110 valence electrons. The van der Waals surface area contributed by atoms with Crippen LogP contribution < -0.4 is 5.32 Å². The van der Waals surface area contributed by atoms with Gasteiger partial charge in [0.15, 0.2) is 0 Å². The van der Waals surface area contributed by atoms with Crippen LogP contribution in [-0.4, -0.2) is 4.92 Å². The molecule has 1 N–H and O–H groups in total. The van der Waals surface area contributed by atoms with Crippen LogP contribution >= 0.6 is 11.6 Å². The van der Waals surface area contributed by atoms with Gasteiger partial charge in [0.2, 0.25) is 0 Å². The largest absolute Gasteiger partial charge is 0.373 e. The first-order valence-corrected chi connectivity index (χ1v) is 6.73. The summed E-state index contributed by atoms with van der Waals surface area (Å²) in [6.07, 6.45) is 0. The Morgan fingerprint density at radius 3 is 2.67 bits per heavy atom. The van der Waals surface area contributed by atoms with Gasteiger partial charge in [-0.05, 0) is 43.2 Å². The third kappa shape index (κ3) is 3.31. The Hall–Kier alpha value is -2.14. The highest BCUT2D eigenvalue weighted by molar-refractivity contribution is 6.33. The molecular weight excluding hydrogens is 295 g/mol. The maximum Gasteiger partial charge on any atom is 0.310 e. The molecule has 2 aromatic rings. The topological polar surface area (TPSA) is 55.2 Å². The molecule has 0 saturated heterocycles. The van der Waals surface area contributed by atoms with Crippen LogP contribution in [0.2, 0.25) is 5.02 Å². The average Bonchev–Trinajstić information content (AvgIpc) is 2.41. The molecule has 0 aliphatic heterocycles. The van der Waals surface area contributed by atoms with Crippen molar-refractivity contribution in [2.45, 2.75) is 19.9 Å². The highest BCUT2D eigenvalue weighted by atomic mass is 35.5. The average molecular weight is 309 g/mol. The number of benzene rings is 2. The van der Waals surface area contributed by atoms with Crippen LogP contribution in [0.4, 0.5) is 15.8 Å². The van der Waals surface area contributed by atoms with Crippen molar-refractivity contribution in [3.05, 3.63) is 68.5 Å². The van der Waals surface area contributed by atoms with E-state index in [0.29, 0.717) is 16.8 Å². The van der Waals surface area contributed by atoms with E-state index in [1.165, 1.54) is 12.1 Å². The Morgan fingerprint density at radius 1 is 1.33 bits per heavy atom. The van der Waals surface area contributed by atoms with Gasteiger partial charge in [-0.2, -0.15) is 0 Å². The third-order valence-corrected chi connectivity index (χ3v) is 3.54. The SMILES string of the molecule is Cc1ccc(C(C)Nc2cccc(Cl)c2[N+](=O)[O-])cc1F. The van der Waals surface area contributed by atoms with Gasteiger partial charge in [-0.15, -0.1) is 0 Å². The number of aryl methyl sites for hydroxylation is 1. The maximum atomic E-state index is 13.6. The van der Waals surface area contributed by atoms with Crippen LogP contribution in [0.5, 0.6) is 0 Å². The summed E-state index contributed by atoms with van der Waals surface area (Å²) in [5, 5.41) is 14.1. The summed E-state index contributed by atoms with van der Waals surface area (Å²) in [4.78, 5) is 10.5. The molecule has 0 fully saturated rings. The number of rotatable bonds is 4. The fraction of sp³-hybridized carbons (Fsp3) is 0.200. The van der Waals surface area contributed by atoms with E-state index in [4.69, 9.17) is 11.6 Å². The van der Waals surface area contributed by atoms with Crippen LogP contribution in [0.25, 0.3) is 0 Å². The van der Waals surface area contributed by atoms with Gasteiger partial charge in [0.05, 0.1) is 4.92 Å². The Labute approximate surface area is 126 Å².